The van der Waals surface area contributed by atoms with Gasteiger partial charge in [0, 0.05) is 19.2 Å². The van der Waals surface area contributed by atoms with Crippen LogP contribution in [0.25, 0.3) is 0 Å². The van der Waals surface area contributed by atoms with Gasteiger partial charge in [-0.1, -0.05) is 39.3 Å². The zero-order valence-electron chi connectivity index (χ0n) is 14.2. The molecule has 0 heterocycles. The summed E-state index contributed by atoms with van der Waals surface area (Å²) >= 11 is 5.95. The van der Waals surface area contributed by atoms with Crippen LogP contribution in [0.2, 0.25) is 5.02 Å². The quantitative estimate of drug-likeness (QED) is 0.754. The van der Waals surface area contributed by atoms with Crippen LogP contribution in [-0.4, -0.2) is 44.1 Å². The van der Waals surface area contributed by atoms with Gasteiger partial charge in [-0.3, -0.25) is 4.79 Å². The molecule has 0 aliphatic rings. The van der Waals surface area contributed by atoms with Crippen LogP contribution < -0.4 is 15.8 Å². The van der Waals surface area contributed by atoms with Crippen LogP contribution in [0, 0.1) is 0 Å². The van der Waals surface area contributed by atoms with Crippen molar-refractivity contribution in [2.75, 3.05) is 39.0 Å². The summed E-state index contributed by atoms with van der Waals surface area (Å²) in [6.07, 6.45) is 0. The summed E-state index contributed by atoms with van der Waals surface area (Å²) in [5.74, 6) is 0.211. The van der Waals surface area contributed by atoms with Crippen LogP contribution in [-0.2, 0) is 0 Å². The normalized spacial score (nSPS) is 9.95. The predicted molar refractivity (Wildman–Crippen MR) is 93.9 cm³/mol. The van der Waals surface area contributed by atoms with Crippen molar-refractivity contribution in [3.63, 3.8) is 0 Å². The van der Waals surface area contributed by atoms with Gasteiger partial charge in [-0.05, 0) is 19.2 Å². The van der Waals surface area contributed by atoms with E-state index in [2.05, 4.69) is 24.1 Å². The minimum Gasteiger partial charge on any atom is -0.496 e. The van der Waals surface area contributed by atoms with E-state index in [1.807, 2.05) is 13.8 Å². The van der Waals surface area contributed by atoms with Crippen LogP contribution in [0.3, 0.4) is 0 Å². The van der Waals surface area contributed by atoms with Gasteiger partial charge in [-0.15, -0.1) is 0 Å². The van der Waals surface area contributed by atoms with E-state index in [-0.39, 0.29) is 5.91 Å². The zero-order chi connectivity index (χ0) is 17.1. The van der Waals surface area contributed by atoms with Gasteiger partial charge in [0.1, 0.15) is 5.75 Å². The number of halogens is 1. The van der Waals surface area contributed by atoms with Crippen LogP contribution in [0.15, 0.2) is 12.1 Å². The maximum absolute atomic E-state index is 12.1. The lowest BCUT2D eigenvalue weighted by Gasteiger charge is -2.18. The average Bonchev–Trinajstić information content (AvgIpc) is 2.55. The minimum atomic E-state index is -0.212. The molecule has 0 atom stereocenters. The first-order valence-corrected chi connectivity index (χ1v) is 8.04. The monoisotopic (exact) mass is 329 g/mol. The SMILES string of the molecule is CC.CCN(CC)CCNC(=O)c1cc(Cl)c(N)cc1OC. The summed E-state index contributed by atoms with van der Waals surface area (Å²) in [5, 5.41) is 3.21. The molecule has 5 nitrogen and oxygen atoms in total. The van der Waals surface area contributed by atoms with Crippen molar-refractivity contribution in [2.24, 2.45) is 0 Å². The van der Waals surface area contributed by atoms with E-state index in [1.165, 1.54) is 13.2 Å². The van der Waals surface area contributed by atoms with Gasteiger partial charge in [0.15, 0.2) is 0 Å². The molecule has 6 heteroatoms. The number of methoxy groups -OCH3 is 1. The molecule has 0 fully saturated rings. The van der Waals surface area contributed by atoms with Gasteiger partial charge in [0.25, 0.3) is 5.91 Å². The largest absolute Gasteiger partial charge is 0.496 e. The third-order valence-corrected chi connectivity index (χ3v) is 3.50. The molecule has 126 valence electrons. The van der Waals surface area contributed by atoms with Crippen molar-refractivity contribution in [2.45, 2.75) is 27.7 Å². The highest BCUT2D eigenvalue weighted by molar-refractivity contribution is 6.33. The molecule has 0 spiro atoms. The minimum absolute atomic E-state index is 0.212. The number of carbonyl (C=O) groups excluding carboxylic acids is 1. The van der Waals surface area contributed by atoms with Crippen molar-refractivity contribution in [1.82, 2.24) is 10.2 Å². The summed E-state index contributed by atoms with van der Waals surface area (Å²) in [6, 6.07) is 3.09. The number of ether oxygens (including phenoxy) is 1. The van der Waals surface area contributed by atoms with E-state index in [0.29, 0.717) is 28.6 Å². The van der Waals surface area contributed by atoms with Gasteiger partial charge >= 0.3 is 0 Å². The van der Waals surface area contributed by atoms with Gasteiger partial charge in [0.05, 0.1) is 23.4 Å². The third-order valence-electron chi connectivity index (χ3n) is 3.17. The fourth-order valence-electron chi connectivity index (χ4n) is 1.88. The average molecular weight is 330 g/mol. The third kappa shape index (κ3) is 6.12. The molecule has 0 bridgehead atoms. The lowest BCUT2D eigenvalue weighted by atomic mass is 10.1. The second-order valence-electron chi connectivity index (χ2n) is 4.36. The number of anilines is 1. The molecular formula is C16H28ClN3O2. The molecule has 0 aliphatic carbocycles. The second kappa shape index (κ2) is 11.2. The highest BCUT2D eigenvalue weighted by Gasteiger charge is 2.14. The van der Waals surface area contributed by atoms with Crippen molar-refractivity contribution in [1.29, 1.82) is 0 Å². The maximum atomic E-state index is 12.1. The van der Waals surface area contributed by atoms with Crippen LogP contribution in [0.5, 0.6) is 5.75 Å². The first kappa shape index (κ1) is 20.5. The van der Waals surface area contributed by atoms with Crippen molar-refractivity contribution >= 4 is 23.2 Å². The molecule has 1 aromatic rings. The van der Waals surface area contributed by atoms with E-state index < -0.39 is 0 Å². The number of nitrogen functional groups attached to an aromatic ring is 1. The first-order chi connectivity index (χ1) is 10.5. The van der Waals surface area contributed by atoms with Gasteiger partial charge in [-0.2, -0.15) is 0 Å². The van der Waals surface area contributed by atoms with Crippen molar-refractivity contribution in [3.05, 3.63) is 22.7 Å². The number of hydrogen-bond acceptors (Lipinski definition) is 4. The van der Waals surface area contributed by atoms with E-state index in [4.69, 9.17) is 22.1 Å². The Kier molecular flexibility index (Phi) is 10.4. The van der Waals surface area contributed by atoms with Gasteiger partial charge in [0.2, 0.25) is 0 Å². The Bertz CT molecular complexity index is 463. The van der Waals surface area contributed by atoms with E-state index in [1.54, 1.807) is 6.07 Å². The summed E-state index contributed by atoms with van der Waals surface area (Å²) < 4.78 is 5.16. The van der Waals surface area contributed by atoms with Crippen LogP contribution >= 0.6 is 11.6 Å². The summed E-state index contributed by atoms with van der Waals surface area (Å²) in [4.78, 5) is 14.4. The number of benzene rings is 1. The van der Waals surface area contributed by atoms with Crippen LogP contribution in [0.4, 0.5) is 5.69 Å². The molecule has 0 aromatic heterocycles. The molecule has 1 rings (SSSR count). The lowest BCUT2D eigenvalue weighted by Crippen LogP contribution is -2.34. The number of amides is 1. The molecule has 0 unspecified atom stereocenters. The van der Waals surface area contributed by atoms with Crippen molar-refractivity contribution < 1.29 is 9.53 Å². The molecule has 3 N–H and O–H groups in total. The molecule has 1 amide bonds. The van der Waals surface area contributed by atoms with Crippen molar-refractivity contribution in [3.8, 4) is 5.75 Å². The molecule has 0 radical (unpaired) electrons. The lowest BCUT2D eigenvalue weighted by molar-refractivity contribution is 0.0946. The number of likely N-dealkylation sites (N-methyl/N-ethyl adjacent to an activating group) is 1. The summed E-state index contributed by atoms with van der Waals surface area (Å²) in [6.45, 7) is 11.5. The molecule has 1 aromatic carbocycles. The number of nitrogens with one attached hydrogen (secondary N) is 1. The Hall–Kier alpha value is -1.46. The molecular weight excluding hydrogens is 302 g/mol. The van der Waals surface area contributed by atoms with Crippen LogP contribution in [0.1, 0.15) is 38.1 Å². The Labute approximate surface area is 138 Å². The standard InChI is InChI=1S/C14H22ClN3O2.C2H6/c1-4-18(5-2)7-6-17-14(19)10-8-11(15)12(16)9-13(10)20-3;1-2/h8-9H,4-7,16H2,1-3H3,(H,17,19);1-2H3. The highest BCUT2D eigenvalue weighted by atomic mass is 35.5. The molecule has 22 heavy (non-hydrogen) atoms. The smallest absolute Gasteiger partial charge is 0.255 e. The Balaban J connectivity index is 0.00000211. The fourth-order valence-corrected chi connectivity index (χ4v) is 2.04. The second-order valence-corrected chi connectivity index (χ2v) is 4.76. The number of carbonyl (C=O) groups is 1. The Morgan fingerprint density at radius 2 is 1.91 bits per heavy atom. The number of hydrogen-bond donors (Lipinski definition) is 2. The first-order valence-electron chi connectivity index (χ1n) is 7.67. The number of rotatable bonds is 7. The van der Waals surface area contributed by atoms with E-state index in [0.717, 1.165) is 19.6 Å². The van der Waals surface area contributed by atoms with E-state index in [9.17, 15) is 4.79 Å². The molecule has 0 aliphatic heterocycles. The topological polar surface area (TPSA) is 67.6 Å². The predicted octanol–water partition coefficient (Wildman–Crippen LogP) is 3.03. The van der Waals surface area contributed by atoms with E-state index >= 15 is 0 Å². The number of nitrogens with zero attached hydrogens (tertiary/aromatic N) is 1. The zero-order valence-corrected chi connectivity index (χ0v) is 15.0. The Morgan fingerprint density at radius 3 is 2.41 bits per heavy atom. The maximum Gasteiger partial charge on any atom is 0.255 e. The van der Waals surface area contributed by atoms with Gasteiger partial charge in [-0.25, -0.2) is 0 Å². The highest BCUT2D eigenvalue weighted by Crippen LogP contribution is 2.28. The Morgan fingerprint density at radius 1 is 1.32 bits per heavy atom. The number of nitrogens with two attached hydrogens (primary N) is 1. The summed E-state index contributed by atoms with van der Waals surface area (Å²) in [5.41, 5.74) is 6.48. The van der Waals surface area contributed by atoms with Gasteiger partial charge < -0.3 is 20.7 Å². The fraction of sp³-hybridized carbons (Fsp3) is 0.562. The molecule has 0 saturated heterocycles. The molecule has 0 saturated carbocycles. The summed E-state index contributed by atoms with van der Waals surface area (Å²) in [7, 11) is 1.50.